The molecule has 0 aromatic heterocycles. The standard InChI is InChI=1S/C22H22N4O6/c1-14(28)25-12-17(24-21(31)15-6-8-16(29)9-7-15)22(32)26(13-20(30)23-10-11-27)19-5-3-2-4-18(19)25/h2-9,11,17,29H,10,12-13H2,1H3,(H,23,30)(H,24,31). The van der Waals surface area contributed by atoms with Gasteiger partial charge in [-0.05, 0) is 36.4 Å². The highest BCUT2D eigenvalue weighted by atomic mass is 16.3. The lowest BCUT2D eigenvalue weighted by molar-refractivity contribution is -0.125. The molecule has 0 aliphatic carbocycles. The summed E-state index contributed by atoms with van der Waals surface area (Å²) in [6.45, 7) is 0.595. The van der Waals surface area contributed by atoms with Gasteiger partial charge in [-0.15, -0.1) is 0 Å². The molecule has 10 heteroatoms. The molecule has 2 aromatic carbocycles. The van der Waals surface area contributed by atoms with Crippen LogP contribution >= 0.6 is 0 Å². The molecule has 0 bridgehead atoms. The molecular weight excluding hydrogens is 416 g/mol. The summed E-state index contributed by atoms with van der Waals surface area (Å²) in [7, 11) is 0. The summed E-state index contributed by atoms with van der Waals surface area (Å²) in [4.78, 5) is 63.9. The molecule has 2 aromatic rings. The number of carbonyl (C=O) groups is 5. The van der Waals surface area contributed by atoms with Gasteiger partial charge < -0.3 is 25.4 Å². The molecule has 166 valence electrons. The Labute approximate surface area is 183 Å². The Balaban J connectivity index is 1.96. The number of phenols is 1. The van der Waals surface area contributed by atoms with Crippen LogP contribution in [0.15, 0.2) is 48.5 Å². The van der Waals surface area contributed by atoms with Gasteiger partial charge in [0, 0.05) is 12.5 Å². The average molecular weight is 438 g/mol. The number of fused-ring (bicyclic) bond motifs is 1. The van der Waals surface area contributed by atoms with Crippen LogP contribution in [-0.4, -0.2) is 60.7 Å². The van der Waals surface area contributed by atoms with E-state index in [1.165, 1.54) is 41.0 Å². The monoisotopic (exact) mass is 438 g/mol. The number of nitrogens with one attached hydrogen (secondary N) is 2. The number of carbonyl (C=O) groups excluding carboxylic acids is 5. The third kappa shape index (κ3) is 4.91. The highest BCUT2D eigenvalue weighted by Crippen LogP contribution is 2.32. The maximum atomic E-state index is 13.4. The molecule has 0 saturated heterocycles. The molecule has 1 atom stereocenters. The number of nitrogens with zero attached hydrogens (tertiary/aromatic N) is 2. The first-order valence-corrected chi connectivity index (χ1v) is 9.80. The summed E-state index contributed by atoms with van der Waals surface area (Å²) >= 11 is 0. The van der Waals surface area contributed by atoms with Crippen LogP contribution < -0.4 is 20.4 Å². The van der Waals surface area contributed by atoms with Crippen molar-refractivity contribution in [2.24, 2.45) is 0 Å². The SMILES string of the molecule is CC(=O)N1CC(NC(=O)c2ccc(O)cc2)C(=O)N(CC(=O)NCC=O)c2ccccc21. The summed E-state index contributed by atoms with van der Waals surface area (Å²) < 4.78 is 0. The highest BCUT2D eigenvalue weighted by Gasteiger charge is 2.36. The number of amides is 4. The zero-order valence-corrected chi connectivity index (χ0v) is 17.3. The Morgan fingerprint density at radius 1 is 1.09 bits per heavy atom. The number of anilines is 2. The van der Waals surface area contributed by atoms with E-state index in [1.54, 1.807) is 24.3 Å². The number of aldehydes is 1. The normalized spacial score (nSPS) is 15.4. The lowest BCUT2D eigenvalue weighted by Gasteiger charge is -2.25. The van der Waals surface area contributed by atoms with Gasteiger partial charge in [-0.1, -0.05) is 12.1 Å². The van der Waals surface area contributed by atoms with Gasteiger partial charge in [-0.3, -0.25) is 24.1 Å². The largest absolute Gasteiger partial charge is 0.508 e. The topological polar surface area (TPSA) is 136 Å². The van der Waals surface area contributed by atoms with E-state index < -0.39 is 30.3 Å². The van der Waals surface area contributed by atoms with Crippen molar-refractivity contribution in [1.29, 1.82) is 0 Å². The molecule has 0 fully saturated rings. The minimum Gasteiger partial charge on any atom is -0.508 e. The van der Waals surface area contributed by atoms with Crippen molar-refractivity contribution in [2.75, 3.05) is 29.4 Å². The highest BCUT2D eigenvalue weighted by molar-refractivity contribution is 6.10. The van der Waals surface area contributed by atoms with Crippen LogP contribution in [-0.2, 0) is 19.2 Å². The van der Waals surface area contributed by atoms with Crippen LogP contribution in [0.25, 0.3) is 0 Å². The van der Waals surface area contributed by atoms with Crippen molar-refractivity contribution in [3.63, 3.8) is 0 Å². The average Bonchev–Trinajstić information content (AvgIpc) is 2.88. The summed E-state index contributed by atoms with van der Waals surface area (Å²) in [5, 5.41) is 14.4. The van der Waals surface area contributed by atoms with E-state index in [4.69, 9.17) is 0 Å². The van der Waals surface area contributed by atoms with Gasteiger partial charge in [0.15, 0.2) is 0 Å². The Bertz CT molecular complexity index is 1050. The predicted molar refractivity (Wildman–Crippen MR) is 115 cm³/mol. The van der Waals surface area contributed by atoms with Gasteiger partial charge in [0.25, 0.3) is 11.8 Å². The fourth-order valence-electron chi connectivity index (χ4n) is 3.36. The molecule has 1 aliphatic rings. The Morgan fingerprint density at radius 3 is 2.38 bits per heavy atom. The van der Waals surface area contributed by atoms with E-state index in [0.29, 0.717) is 17.7 Å². The minimum atomic E-state index is -1.15. The van der Waals surface area contributed by atoms with Crippen LogP contribution in [0.4, 0.5) is 11.4 Å². The van der Waals surface area contributed by atoms with Crippen LogP contribution in [0, 0.1) is 0 Å². The van der Waals surface area contributed by atoms with E-state index in [9.17, 15) is 29.1 Å². The second-order valence-corrected chi connectivity index (χ2v) is 7.09. The van der Waals surface area contributed by atoms with Crippen molar-refractivity contribution in [2.45, 2.75) is 13.0 Å². The lowest BCUT2D eigenvalue weighted by Crippen LogP contribution is -2.54. The molecule has 0 spiro atoms. The number of rotatable bonds is 6. The molecule has 10 nitrogen and oxygen atoms in total. The van der Waals surface area contributed by atoms with Gasteiger partial charge in [0.1, 0.15) is 24.6 Å². The van der Waals surface area contributed by atoms with E-state index in [0.717, 1.165) is 0 Å². The van der Waals surface area contributed by atoms with E-state index in [-0.39, 0.29) is 30.3 Å². The van der Waals surface area contributed by atoms with Crippen molar-refractivity contribution in [3.8, 4) is 5.75 Å². The van der Waals surface area contributed by atoms with Crippen molar-refractivity contribution in [3.05, 3.63) is 54.1 Å². The van der Waals surface area contributed by atoms with Crippen LogP contribution in [0.2, 0.25) is 0 Å². The van der Waals surface area contributed by atoms with E-state index in [2.05, 4.69) is 10.6 Å². The summed E-state index contributed by atoms with van der Waals surface area (Å²) in [5.74, 6) is -2.10. The molecular formula is C22H22N4O6. The quantitative estimate of drug-likeness (QED) is 0.552. The number of hydrogen-bond acceptors (Lipinski definition) is 6. The third-order valence-electron chi connectivity index (χ3n) is 4.89. The van der Waals surface area contributed by atoms with Gasteiger partial charge in [0.05, 0.1) is 24.5 Å². The van der Waals surface area contributed by atoms with Gasteiger partial charge in [-0.2, -0.15) is 0 Å². The van der Waals surface area contributed by atoms with Gasteiger partial charge in [-0.25, -0.2) is 0 Å². The Hall–Kier alpha value is -4.21. The number of phenolic OH excluding ortho intramolecular Hbond substituents is 1. The second-order valence-electron chi connectivity index (χ2n) is 7.09. The zero-order chi connectivity index (χ0) is 23.3. The molecule has 3 rings (SSSR count). The Kier molecular flexibility index (Phi) is 6.83. The van der Waals surface area contributed by atoms with E-state index in [1.807, 2.05) is 0 Å². The van der Waals surface area contributed by atoms with Gasteiger partial charge >= 0.3 is 0 Å². The molecule has 1 unspecified atom stereocenters. The fraction of sp³-hybridized carbons (Fsp3) is 0.227. The van der Waals surface area contributed by atoms with E-state index >= 15 is 0 Å². The molecule has 3 N–H and O–H groups in total. The summed E-state index contributed by atoms with van der Waals surface area (Å²) in [5.41, 5.74) is 0.954. The molecule has 0 saturated carbocycles. The van der Waals surface area contributed by atoms with Crippen molar-refractivity contribution >= 4 is 41.3 Å². The Morgan fingerprint density at radius 2 is 1.75 bits per heavy atom. The van der Waals surface area contributed by atoms with Crippen LogP contribution in [0.5, 0.6) is 5.75 Å². The maximum Gasteiger partial charge on any atom is 0.251 e. The van der Waals surface area contributed by atoms with Crippen LogP contribution in [0.3, 0.4) is 0 Å². The molecule has 32 heavy (non-hydrogen) atoms. The predicted octanol–water partition coefficient (Wildman–Crippen LogP) is 0.205. The minimum absolute atomic E-state index is 0.0159. The number of benzene rings is 2. The smallest absolute Gasteiger partial charge is 0.251 e. The maximum absolute atomic E-state index is 13.4. The number of aromatic hydroxyl groups is 1. The second kappa shape index (κ2) is 9.73. The molecule has 0 radical (unpaired) electrons. The van der Waals surface area contributed by atoms with Crippen molar-refractivity contribution in [1.82, 2.24) is 10.6 Å². The van der Waals surface area contributed by atoms with Gasteiger partial charge in [0.2, 0.25) is 11.8 Å². The molecule has 1 heterocycles. The van der Waals surface area contributed by atoms with Crippen molar-refractivity contribution < 1.29 is 29.1 Å². The molecule has 1 aliphatic heterocycles. The number of hydrogen-bond donors (Lipinski definition) is 3. The summed E-state index contributed by atoms with van der Waals surface area (Å²) in [6, 6.07) is 10.9. The first-order chi connectivity index (χ1) is 15.3. The number of para-hydroxylation sites is 2. The zero-order valence-electron chi connectivity index (χ0n) is 17.3. The first-order valence-electron chi connectivity index (χ1n) is 9.80. The fourth-order valence-corrected chi connectivity index (χ4v) is 3.36. The summed E-state index contributed by atoms with van der Waals surface area (Å²) in [6.07, 6.45) is 0.522. The third-order valence-corrected chi connectivity index (χ3v) is 4.89. The molecule has 4 amide bonds. The first kappa shape index (κ1) is 22.5. The van der Waals surface area contributed by atoms with Crippen LogP contribution in [0.1, 0.15) is 17.3 Å². The lowest BCUT2D eigenvalue weighted by atomic mass is 10.1.